The maximum Gasteiger partial charge on any atom is 0.255 e. The number of hydrogen-bond acceptors (Lipinski definition) is 4. The molecule has 0 radical (unpaired) electrons. The fourth-order valence-corrected chi connectivity index (χ4v) is 4.64. The van der Waals surface area contributed by atoms with Crippen LogP contribution in [0.15, 0.2) is 36.5 Å². The number of nitrogens with zero attached hydrogens (tertiary/aromatic N) is 4. The number of halogens is 1. The number of benzene rings is 1. The molecule has 2 aliphatic rings. The molecule has 0 aliphatic carbocycles. The Morgan fingerprint density at radius 1 is 0.839 bits per heavy atom. The van der Waals surface area contributed by atoms with E-state index in [4.69, 9.17) is 11.6 Å². The molecule has 2 aromatic rings. The number of aromatic nitrogens is 1. The van der Waals surface area contributed by atoms with Crippen molar-refractivity contribution in [3.8, 4) is 0 Å². The molecule has 0 saturated carbocycles. The lowest BCUT2D eigenvalue weighted by Gasteiger charge is -2.27. The Labute approximate surface area is 188 Å². The molecule has 4 rings (SSSR count). The Balaban J connectivity index is 1.43. The van der Waals surface area contributed by atoms with Gasteiger partial charge in [0.05, 0.1) is 10.6 Å². The average Bonchev–Trinajstić information content (AvgIpc) is 3.05. The molecule has 7 heteroatoms. The first-order chi connectivity index (χ1) is 15.0. The Hall–Kier alpha value is -2.60. The first kappa shape index (κ1) is 21.6. The molecule has 2 saturated heterocycles. The minimum Gasteiger partial charge on any atom is -0.354 e. The van der Waals surface area contributed by atoms with Crippen LogP contribution < -0.4 is 4.90 Å². The lowest BCUT2D eigenvalue weighted by Crippen LogP contribution is -2.36. The smallest absolute Gasteiger partial charge is 0.255 e. The highest BCUT2D eigenvalue weighted by Crippen LogP contribution is 2.26. The molecule has 3 heterocycles. The van der Waals surface area contributed by atoms with E-state index in [1.54, 1.807) is 12.3 Å². The molecule has 31 heavy (non-hydrogen) atoms. The van der Waals surface area contributed by atoms with Crippen LogP contribution in [0.2, 0.25) is 5.02 Å². The molecule has 2 aliphatic heterocycles. The molecular formula is C24H29ClN4O2. The highest BCUT2D eigenvalue weighted by atomic mass is 35.5. The van der Waals surface area contributed by atoms with Crippen molar-refractivity contribution in [1.82, 2.24) is 14.8 Å². The maximum atomic E-state index is 12.9. The van der Waals surface area contributed by atoms with Gasteiger partial charge < -0.3 is 14.7 Å². The quantitative estimate of drug-likeness (QED) is 0.723. The normalized spacial score (nSPS) is 17.4. The first-order valence-corrected chi connectivity index (χ1v) is 11.5. The maximum absolute atomic E-state index is 12.9. The van der Waals surface area contributed by atoms with Crippen molar-refractivity contribution < 1.29 is 9.59 Å². The van der Waals surface area contributed by atoms with Gasteiger partial charge in [0.15, 0.2) is 0 Å². The highest BCUT2D eigenvalue weighted by molar-refractivity contribution is 6.33. The lowest BCUT2D eigenvalue weighted by molar-refractivity contribution is 0.0722. The lowest BCUT2D eigenvalue weighted by atomic mass is 10.1. The SMILES string of the molecule is Cc1cccc(C(=O)N2CCCN(c3ncc(C(=O)N4CCCCC4)cc3Cl)CC2)c1. The van der Waals surface area contributed by atoms with Gasteiger partial charge in [-0.25, -0.2) is 4.98 Å². The van der Waals surface area contributed by atoms with Gasteiger partial charge in [0.2, 0.25) is 0 Å². The van der Waals surface area contributed by atoms with E-state index in [1.165, 1.54) is 6.42 Å². The van der Waals surface area contributed by atoms with E-state index in [2.05, 4.69) is 9.88 Å². The Morgan fingerprint density at radius 3 is 2.29 bits per heavy atom. The molecule has 0 unspecified atom stereocenters. The van der Waals surface area contributed by atoms with Gasteiger partial charge in [0, 0.05) is 51.0 Å². The molecule has 0 spiro atoms. The molecular weight excluding hydrogens is 412 g/mol. The van der Waals surface area contributed by atoms with Gasteiger partial charge in [-0.1, -0.05) is 29.3 Å². The van der Waals surface area contributed by atoms with Gasteiger partial charge in [0.25, 0.3) is 11.8 Å². The number of pyridine rings is 1. The molecule has 1 aromatic heterocycles. The van der Waals surface area contributed by atoms with Gasteiger partial charge in [0.1, 0.15) is 5.82 Å². The standard InChI is InChI=1S/C24H29ClN4O2/c1-18-7-5-8-19(15-18)23(30)29-12-6-11-27(13-14-29)22-21(25)16-20(17-26-22)24(31)28-9-3-2-4-10-28/h5,7-8,15-17H,2-4,6,9-14H2,1H3. The van der Waals surface area contributed by atoms with Crippen molar-refractivity contribution in [2.45, 2.75) is 32.6 Å². The van der Waals surface area contributed by atoms with E-state index in [9.17, 15) is 9.59 Å². The Morgan fingerprint density at radius 2 is 1.55 bits per heavy atom. The average molecular weight is 441 g/mol. The van der Waals surface area contributed by atoms with Crippen LogP contribution in [0.25, 0.3) is 0 Å². The van der Waals surface area contributed by atoms with E-state index in [0.717, 1.165) is 50.0 Å². The number of carbonyl (C=O) groups excluding carboxylic acids is 2. The number of rotatable bonds is 3. The van der Waals surface area contributed by atoms with Gasteiger partial charge in [-0.2, -0.15) is 0 Å². The summed E-state index contributed by atoms with van der Waals surface area (Å²) < 4.78 is 0. The van der Waals surface area contributed by atoms with Gasteiger partial charge in [-0.3, -0.25) is 9.59 Å². The predicted octanol–water partition coefficient (Wildman–Crippen LogP) is 4.02. The summed E-state index contributed by atoms with van der Waals surface area (Å²) in [5.74, 6) is 0.750. The Kier molecular flexibility index (Phi) is 6.76. The van der Waals surface area contributed by atoms with Crippen LogP contribution in [0.5, 0.6) is 0 Å². The van der Waals surface area contributed by atoms with Gasteiger partial charge in [-0.05, 0) is 50.8 Å². The topological polar surface area (TPSA) is 56.8 Å². The van der Waals surface area contributed by atoms with Crippen molar-refractivity contribution in [2.24, 2.45) is 0 Å². The van der Waals surface area contributed by atoms with E-state index < -0.39 is 0 Å². The minimum absolute atomic E-state index is 0.00597. The monoisotopic (exact) mass is 440 g/mol. The molecule has 0 N–H and O–H groups in total. The van der Waals surface area contributed by atoms with Crippen LogP contribution in [-0.2, 0) is 0 Å². The van der Waals surface area contributed by atoms with Crippen LogP contribution in [0.1, 0.15) is 52.0 Å². The Bertz CT molecular complexity index is 958. The minimum atomic E-state index is 0.00597. The van der Waals surface area contributed by atoms with Crippen LogP contribution in [0.4, 0.5) is 5.82 Å². The summed E-state index contributed by atoms with van der Waals surface area (Å²) in [4.78, 5) is 36.1. The number of anilines is 1. The number of amides is 2. The zero-order valence-electron chi connectivity index (χ0n) is 18.0. The van der Waals surface area contributed by atoms with Gasteiger partial charge in [-0.15, -0.1) is 0 Å². The third-order valence-corrected chi connectivity index (χ3v) is 6.34. The predicted molar refractivity (Wildman–Crippen MR) is 123 cm³/mol. The number of likely N-dealkylation sites (tertiary alicyclic amines) is 1. The fourth-order valence-electron chi connectivity index (χ4n) is 4.35. The number of piperidine rings is 1. The summed E-state index contributed by atoms with van der Waals surface area (Å²) in [6.45, 7) is 6.33. The molecule has 2 amide bonds. The van der Waals surface area contributed by atoms with Crippen molar-refractivity contribution in [3.05, 3.63) is 58.2 Å². The van der Waals surface area contributed by atoms with Crippen LogP contribution in [0.3, 0.4) is 0 Å². The molecule has 0 atom stereocenters. The second-order valence-corrected chi connectivity index (χ2v) is 8.79. The molecule has 6 nitrogen and oxygen atoms in total. The summed E-state index contributed by atoms with van der Waals surface area (Å²) >= 11 is 6.56. The van der Waals surface area contributed by atoms with Crippen LogP contribution >= 0.6 is 11.6 Å². The van der Waals surface area contributed by atoms with E-state index in [1.807, 2.05) is 41.0 Å². The van der Waals surface area contributed by atoms with E-state index in [-0.39, 0.29) is 11.8 Å². The summed E-state index contributed by atoms with van der Waals surface area (Å²) in [6.07, 6.45) is 5.76. The largest absolute Gasteiger partial charge is 0.354 e. The number of aryl methyl sites for hydroxylation is 1. The molecule has 2 fully saturated rings. The third kappa shape index (κ3) is 5.01. The molecule has 164 valence electrons. The van der Waals surface area contributed by atoms with Crippen molar-refractivity contribution in [2.75, 3.05) is 44.2 Å². The summed E-state index contributed by atoms with van der Waals surface area (Å²) in [7, 11) is 0. The summed E-state index contributed by atoms with van der Waals surface area (Å²) in [5.41, 5.74) is 2.35. The zero-order valence-corrected chi connectivity index (χ0v) is 18.8. The van der Waals surface area contributed by atoms with Crippen LogP contribution in [0, 0.1) is 6.92 Å². The first-order valence-electron chi connectivity index (χ1n) is 11.1. The highest BCUT2D eigenvalue weighted by Gasteiger charge is 2.24. The number of carbonyl (C=O) groups is 2. The third-order valence-electron chi connectivity index (χ3n) is 6.06. The van der Waals surface area contributed by atoms with Crippen molar-refractivity contribution in [1.29, 1.82) is 0 Å². The molecule has 1 aromatic carbocycles. The van der Waals surface area contributed by atoms with Crippen molar-refractivity contribution >= 4 is 29.2 Å². The second kappa shape index (κ2) is 9.69. The molecule has 0 bridgehead atoms. The fraction of sp³-hybridized carbons (Fsp3) is 0.458. The van der Waals surface area contributed by atoms with E-state index >= 15 is 0 Å². The zero-order chi connectivity index (χ0) is 21.8. The van der Waals surface area contributed by atoms with Crippen molar-refractivity contribution in [3.63, 3.8) is 0 Å². The summed E-state index contributed by atoms with van der Waals surface area (Å²) in [6, 6.07) is 9.45. The van der Waals surface area contributed by atoms with Crippen LogP contribution in [-0.4, -0.2) is 65.9 Å². The van der Waals surface area contributed by atoms with Gasteiger partial charge >= 0.3 is 0 Å². The van der Waals surface area contributed by atoms with E-state index in [0.29, 0.717) is 36.0 Å². The summed E-state index contributed by atoms with van der Waals surface area (Å²) in [5, 5.41) is 0.487. The second-order valence-electron chi connectivity index (χ2n) is 8.38. The number of hydrogen-bond donors (Lipinski definition) is 0.